The molecule has 2 aliphatic heterocycles. The summed E-state index contributed by atoms with van der Waals surface area (Å²) >= 11 is 0. The lowest BCUT2D eigenvalue weighted by molar-refractivity contribution is -0.142. The summed E-state index contributed by atoms with van der Waals surface area (Å²) in [4.78, 5) is 166. The third-order valence-corrected chi connectivity index (χ3v) is 15.7. The van der Waals surface area contributed by atoms with Crippen molar-refractivity contribution in [1.29, 1.82) is 0 Å². The van der Waals surface area contributed by atoms with Crippen molar-refractivity contribution in [2.45, 2.75) is 132 Å². The number of aliphatic hydroxyl groups is 1. The predicted molar refractivity (Wildman–Crippen MR) is 324 cm³/mol. The molecule has 2 fully saturated rings. The Hall–Kier alpha value is -9.96. The van der Waals surface area contributed by atoms with Gasteiger partial charge in [-0.05, 0) is 80.8 Å². The molecule has 3 aromatic heterocycles. The van der Waals surface area contributed by atoms with Gasteiger partial charge in [-0.3, -0.25) is 52.7 Å². The van der Waals surface area contributed by atoms with Crippen molar-refractivity contribution in [1.82, 2.24) is 72.7 Å². The van der Waals surface area contributed by atoms with Crippen LogP contribution in [-0.4, -0.2) is 176 Å². The summed E-state index contributed by atoms with van der Waals surface area (Å²) < 4.78 is 0. The Labute approximate surface area is 511 Å². The molecule has 0 spiro atoms. The lowest BCUT2D eigenvalue weighted by atomic mass is 10.0. The number of likely N-dealkylation sites (tertiary alicyclic amines) is 1. The molecule has 5 heterocycles. The molecule has 9 atom stereocenters. The van der Waals surface area contributed by atoms with E-state index in [9.17, 15) is 57.8 Å². The van der Waals surface area contributed by atoms with E-state index < -0.39 is 127 Å². The fourth-order valence-electron chi connectivity index (χ4n) is 10.9. The van der Waals surface area contributed by atoms with Gasteiger partial charge < -0.3 is 84.3 Å². The summed E-state index contributed by atoms with van der Waals surface area (Å²) in [6.07, 6.45) is 7.74. The van der Waals surface area contributed by atoms with E-state index in [-0.39, 0.29) is 57.4 Å². The van der Waals surface area contributed by atoms with Crippen LogP contribution in [0, 0.1) is 0 Å². The number of carbonyl (C=O) groups is 11. The van der Waals surface area contributed by atoms with Crippen LogP contribution < -0.4 is 59.3 Å². The van der Waals surface area contributed by atoms with Gasteiger partial charge in [-0.15, -0.1) is 0 Å². The standard InChI is InChI=1S/C61H76N16O12/c1-34(53(81)72-46(25-36-28-65-41-16-7-5-14-39(36)41)57(85)71-44(18-9-10-22-62)61(89)77-23-11-19-50(77)60(88)67-31-51(63)79)69-55(83)48(27-38-30-64-33-68-38)75-59(87)49(32-78)76-58(86)47(26-37-29-66-42-17-8-6-15-40(37)42)74-56(84)45(24-35-12-3-2-4-13-35)73-54(82)43-20-21-52(80)70-43/h2-8,12-17,28-30,33-34,43-50,65-66,78H,9-11,18-27,31-32,62H2,1H3,(H2,63,79)(H,64,68)(H,67,88)(H,69,83)(H,70,80)(H,71,85)(H,72,81)(H,73,82)(H,74,84)(H,75,87)(H,76,86)/t34?,43-,44+,45-,46-,47-,48+,49+,50+/m1/s1. The van der Waals surface area contributed by atoms with E-state index in [1.807, 2.05) is 36.4 Å². The molecule has 3 aromatic carbocycles. The van der Waals surface area contributed by atoms with Gasteiger partial charge in [-0.2, -0.15) is 0 Å². The van der Waals surface area contributed by atoms with Crippen molar-refractivity contribution in [3.63, 3.8) is 0 Å². The van der Waals surface area contributed by atoms with Gasteiger partial charge in [0, 0.05) is 84.7 Å². The third-order valence-electron chi connectivity index (χ3n) is 15.7. The highest BCUT2D eigenvalue weighted by Gasteiger charge is 2.40. The number of hydrogen-bond donors (Lipinski definition) is 15. The summed E-state index contributed by atoms with van der Waals surface area (Å²) in [7, 11) is 0. The molecular weight excluding hydrogens is 1150 g/mol. The van der Waals surface area contributed by atoms with E-state index in [1.54, 1.807) is 54.9 Å². The highest BCUT2D eigenvalue weighted by Crippen LogP contribution is 2.23. The Morgan fingerprint density at radius 2 is 1.18 bits per heavy atom. The number of nitrogens with one attached hydrogen (secondary N) is 12. The highest BCUT2D eigenvalue weighted by atomic mass is 16.3. The smallest absolute Gasteiger partial charge is 0.245 e. The van der Waals surface area contributed by atoms with Crippen LogP contribution in [0.4, 0.5) is 0 Å². The Morgan fingerprint density at radius 3 is 1.75 bits per heavy atom. The Bertz CT molecular complexity index is 3500. The molecule has 0 saturated carbocycles. The van der Waals surface area contributed by atoms with E-state index in [1.165, 1.54) is 24.3 Å². The number of nitrogens with zero attached hydrogens (tertiary/aromatic N) is 2. The topological polar surface area (TPSA) is 432 Å². The van der Waals surface area contributed by atoms with Crippen LogP contribution in [0.25, 0.3) is 21.8 Å². The van der Waals surface area contributed by atoms with Crippen molar-refractivity contribution in [2.75, 3.05) is 26.2 Å². The number of amides is 11. The molecular formula is C61H76N16O12. The molecule has 89 heavy (non-hydrogen) atoms. The minimum Gasteiger partial charge on any atom is -0.394 e. The molecule has 472 valence electrons. The van der Waals surface area contributed by atoms with E-state index in [2.05, 4.69) is 67.8 Å². The minimum atomic E-state index is -1.74. The van der Waals surface area contributed by atoms with Crippen molar-refractivity contribution in [2.24, 2.45) is 11.5 Å². The van der Waals surface area contributed by atoms with Gasteiger partial charge >= 0.3 is 0 Å². The van der Waals surface area contributed by atoms with Crippen LogP contribution in [0.5, 0.6) is 0 Å². The average Bonchev–Trinajstić information content (AvgIpc) is 3.51. The summed E-state index contributed by atoms with van der Waals surface area (Å²) in [6.45, 7) is 0.411. The highest BCUT2D eigenvalue weighted by molar-refractivity contribution is 6.00. The van der Waals surface area contributed by atoms with E-state index >= 15 is 0 Å². The molecule has 6 aromatic rings. The number of para-hydroxylation sites is 2. The van der Waals surface area contributed by atoms with E-state index in [0.717, 1.165) is 21.8 Å². The first kappa shape index (κ1) is 65.0. The third kappa shape index (κ3) is 17.6. The zero-order valence-corrected chi connectivity index (χ0v) is 49.1. The number of unbranched alkanes of at least 4 members (excludes halogenated alkanes) is 1. The molecule has 0 aliphatic carbocycles. The first-order chi connectivity index (χ1) is 42.9. The van der Waals surface area contributed by atoms with Crippen LogP contribution >= 0.6 is 0 Å². The molecule has 2 saturated heterocycles. The van der Waals surface area contributed by atoms with Gasteiger partial charge in [0.2, 0.25) is 65.0 Å². The first-order valence-electron chi connectivity index (χ1n) is 29.6. The SMILES string of the molecule is CC(NC(=O)[C@H](Cc1cnc[nH]1)NC(=O)[C@H](CO)NC(=O)[C@@H](Cc1c[nH]c2ccccc12)NC(=O)[C@@H](Cc1ccccc1)NC(=O)[C@H]1CCC(=O)N1)C(=O)N[C@H](Cc1c[nH]c2ccccc12)C(=O)N[C@@H](CCCCN)C(=O)N1CCC[C@H]1C(=O)NCC(N)=O. The van der Waals surface area contributed by atoms with E-state index in [4.69, 9.17) is 11.5 Å². The maximum atomic E-state index is 14.6. The van der Waals surface area contributed by atoms with Gasteiger partial charge in [0.15, 0.2) is 0 Å². The number of aromatic nitrogens is 4. The number of rotatable bonds is 31. The molecule has 11 amide bonds. The number of H-pyrrole nitrogens is 3. The predicted octanol–water partition coefficient (Wildman–Crippen LogP) is -1.95. The van der Waals surface area contributed by atoms with Gasteiger partial charge in [-0.1, -0.05) is 66.7 Å². The first-order valence-corrected chi connectivity index (χ1v) is 29.6. The summed E-state index contributed by atoms with van der Waals surface area (Å²) in [5.41, 5.74) is 14.8. The fraction of sp³-hybridized carbons (Fsp3) is 0.410. The molecule has 17 N–H and O–H groups in total. The van der Waals surface area contributed by atoms with Gasteiger partial charge in [0.25, 0.3) is 0 Å². The quantitative estimate of drug-likeness (QED) is 0.0211. The minimum absolute atomic E-state index is 0.00625. The number of aliphatic hydroxyl groups excluding tert-OH is 1. The monoisotopic (exact) mass is 1220 g/mol. The molecule has 2 aliphatic rings. The van der Waals surface area contributed by atoms with Crippen molar-refractivity contribution < 1.29 is 57.8 Å². The van der Waals surface area contributed by atoms with Crippen LogP contribution in [0.3, 0.4) is 0 Å². The molecule has 28 nitrogen and oxygen atoms in total. The van der Waals surface area contributed by atoms with Gasteiger partial charge in [-0.25, -0.2) is 4.98 Å². The lowest BCUT2D eigenvalue weighted by Gasteiger charge is -2.30. The summed E-state index contributed by atoms with van der Waals surface area (Å²) in [6, 6.07) is 11.6. The fourth-order valence-corrected chi connectivity index (χ4v) is 10.9. The Balaban J connectivity index is 0.983. The molecule has 1 unspecified atom stereocenters. The molecule has 8 rings (SSSR count). The van der Waals surface area contributed by atoms with Crippen molar-refractivity contribution >= 4 is 86.8 Å². The summed E-state index contributed by atoms with van der Waals surface area (Å²) in [5.74, 6) is -8.07. The Morgan fingerprint density at radius 1 is 0.629 bits per heavy atom. The maximum absolute atomic E-state index is 14.6. The second-order valence-corrected chi connectivity index (χ2v) is 22.2. The van der Waals surface area contributed by atoms with Crippen LogP contribution in [-0.2, 0) is 78.4 Å². The summed E-state index contributed by atoms with van der Waals surface area (Å²) in [5, 5.41) is 36.0. The van der Waals surface area contributed by atoms with Crippen LogP contribution in [0.1, 0.15) is 74.3 Å². The second kappa shape index (κ2) is 31.1. The zero-order chi connectivity index (χ0) is 63.6. The average molecular weight is 1230 g/mol. The number of aromatic amines is 3. The second-order valence-electron chi connectivity index (χ2n) is 22.2. The zero-order valence-electron chi connectivity index (χ0n) is 49.1. The maximum Gasteiger partial charge on any atom is 0.245 e. The van der Waals surface area contributed by atoms with Gasteiger partial charge in [0.1, 0.15) is 54.4 Å². The number of imidazole rings is 1. The van der Waals surface area contributed by atoms with Crippen LogP contribution in [0.15, 0.2) is 104 Å². The van der Waals surface area contributed by atoms with E-state index in [0.29, 0.717) is 54.6 Å². The number of nitrogens with two attached hydrogens (primary N) is 2. The normalized spacial score (nSPS) is 17.0. The lowest BCUT2D eigenvalue weighted by Crippen LogP contribution is -2.61. The largest absolute Gasteiger partial charge is 0.394 e. The number of benzene rings is 3. The number of carbonyl (C=O) groups excluding carboxylic acids is 11. The molecule has 0 radical (unpaired) electrons. The van der Waals surface area contributed by atoms with Crippen molar-refractivity contribution in [3.8, 4) is 0 Å². The Kier molecular flexibility index (Phi) is 22.7. The van der Waals surface area contributed by atoms with Crippen molar-refractivity contribution in [3.05, 3.63) is 126 Å². The van der Waals surface area contributed by atoms with Crippen LogP contribution in [0.2, 0.25) is 0 Å². The molecule has 28 heteroatoms. The number of fused-ring (bicyclic) bond motifs is 2. The number of primary amides is 1. The van der Waals surface area contributed by atoms with Gasteiger partial charge in [0.05, 0.1) is 19.5 Å². The molecule has 0 bridgehead atoms. The number of hydrogen-bond acceptors (Lipinski definition) is 14.